The average Bonchev–Trinajstić information content (AvgIpc) is 3.16. The van der Waals surface area contributed by atoms with Crippen LogP contribution in [0.2, 0.25) is 0 Å². The van der Waals surface area contributed by atoms with Crippen LogP contribution in [-0.4, -0.2) is 21.7 Å². The van der Waals surface area contributed by atoms with Crippen LogP contribution in [0, 0.1) is 0 Å². The summed E-state index contributed by atoms with van der Waals surface area (Å²) in [6.45, 7) is 0.127. The number of aromatic nitrogens is 1. The Morgan fingerprint density at radius 2 is 1.72 bits per heavy atom. The highest BCUT2D eigenvalue weighted by atomic mass is 16.3. The van der Waals surface area contributed by atoms with E-state index in [-0.39, 0.29) is 18.4 Å². The molecule has 122 valence electrons. The molecule has 0 spiro atoms. The molecule has 1 aliphatic rings. The van der Waals surface area contributed by atoms with Crippen LogP contribution < -0.4 is 0 Å². The molecule has 0 saturated carbocycles. The van der Waals surface area contributed by atoms with Gasteiger partial charge in [-0.05, 0) is 36.4 Å². The molecular weight excluding hydrogens is 316 g/mol. The zero-order valence-electron chi connectivity index (χ0n) is 13.3. The number of hydrogen-bond acceptors (Lipinski definition) is 4. The van der Waals surface area contributed by atoms with Crippen molar-refractivity contribution < 1.29 is 14.0 Å². The standard InChI is InChI=1S/C20H14N2O3/c23-19-17-9-2-1-8-16(17)18(12-15-7-5-11-25-15)20(24)22(19)13-14-6-3-4-10-21-14/h1-12H,13H2. The lowest BCUT2D eigenvalue weighted by Crippen LogP contribution is -2.41. The molecule has 5 nitrogen and oxygen atoms in total. The van der Waals surface area contributed by atoms with E-state index in [2.05, 4.69) is 4.98 Å². The molecule has 1 aliphatic heterocycles. The minimum absolute atomic E-state index is 0.127. The third kappa shape index (κ3) is 2.76. The monoisotopic (exact) mass is 330 g/mol. The van der Waals surface area contributed by atoms with Gasteiger partial charge in [0.15, 0.2) is 0 Å². The Kier molecular flexibility index (Phi) is 3.74. The van der Waals surface area contributed by atoms with Crippen molar-refractivity contribution in [2.75, 3.05) is 0 Å². The molecule has 3 aromatic rings. The number of pyridine rings is 1. The number of imide groups is 1. The zero-order chi connectivity index (χ0) is 17.2. The molecule has 2 aromatic heterocycles. The molecule has 5 heteroatoms. The Hall–Kier alpha value is -3.47. The topological polar surface area (TPSA) is 63.4 Å². The van der Waals surface area contributed by atoms with E-state index >= 15 is 0 Å². The maximum Gasteiger partial charge on any atom is 0.261 e. The fraction of sp³-hybridized carbons (Fsp3) is 0.0500. The van der Waals surface area contributed by atoms with Gasteiger partial charge in [0, 0.05) is 17.3 Å². The smallest absolute Gasteiger partial charge is 0.261 e. The van der Waals surface area contributed by atoms with E-state index in [1.807, 2.05) is 12.1 Å². The maximum atomic E-state index is 13.0. The van der Waals surface area contributed by atoms with Gasteiger partial charge >= 0.3 is 0 Å². The number of amides is 2. The molecule has 0 saturated heterocycles. The number of benzene rings is 1. The van der Waals surface area contributed by atoms with E-state index in [4.69, 9.17) is 4.42 Å². The van der Waals surface area contributed by atoms with Gasteiger partial charge in [-0.25, -0.2) is 0 Å². The third-order valence-corrected chi connectivity index (χ3v) is 4.04. The van der Waals surface area contributed by atoms with Crippen molar-refractivity contribution in [1.29, 1.82) is 0 Å². The first-order valence-electron chi connectivity index (χ1n) is 7.85. The van der Waals surface area contributed by atoms with Gasteiger partial charge in [0.1, 0.15) is 5.76 Å². The molecule has 0 unspecified atom stereocenters. The lowest BCUT2D eigenvalue weighted by atomic mass is 9.92. The summed E-state index contributed by atoms with van der Waals surface area (Å²) in [6, 6.07) is 16.0. The molecular formula is C20H14N2O3. The Balaban J connectivity index is 1.80. The molecule has 2 amide bonds. The van der Waals surface area contributed by atoms with E-state index in [0.29, 0.717) is 28.2 Å². The normalized spacial score (nSPS) is 15.5. The first-order chi connectivity index (χ1) is 12.2. The van der Waals surface area contributed by atoms with E-state index in [9.17, 15) is 9.59 Å². The van der Waals surface area contributed by atoms with Crippen LogP contribution >= 0.6 is 0 Å². The molecule has 25 heavy (non-hydrogen) atoms. The van der Waals surface area contributed by atoms with Crippen molar-refractivity contribution >= 4 is 23.5 Å². The predicted molar refractivity (Wildman–Crippen MR) is 92.1 cm³/mol. The summed E-state index contributed by atoms with van der Waals surface area (Å²) in [5.74, 6) is -0.112. The Morgan fingerprint density at radius 1 is 0.920 bits per heavy atom. The fourth-order valence-electron chi connectivity index (χ4n) is 2.86. The lowest BCUT2D eigenvalue weighted by Gasteiger charge is -2.28. The highest BCUT2D eigenvalue weighted by Gasteiger charge is 2.34. The summed E-state index contributed by atoms with van der Waals surface area (Å²) in [5.41, 5.74) is 2.20. The van der Waals surface area contributed by atoms with Crippen molar-refractivity contribution in [1.82, 2.24) is 9.88 Å². The van der Waals surface area contributed by atoms with Crippen LogP contribution in [0.15, 0.2) is 71.5 Å². The fourth-order valence-corrected chi connectivity index (χ4v) is 2.86. The summed E-state index contributed by atoms with van der Waals surface area (Å²) in [6.07, 6.45) is 4.85. The summed E-state index contributed by atoms with van der Waals surface area (Å²) >= 11 is 0. The molecule has 0 atom stereocenters. The predicted octanol–water partition coefficient (Wildman–Crippen LogP) is 3.40. The first kappa shape index (κ1) is 15.1. The molecule has 0 radical (unpaired) electrons. The van der Waals surface area contributed by atoms with Gasteiger partial charge in [0.05, 0.1) is 24.1 Å². The average molecular weight is 330 g/mol. The molecule has 3 heterocycles. The minimum atomic E-state index is -0.356. The molecule has 0 N–H and O–H groups in total. The van der Waals surface area contributed by atoms with Gasteiger partial charge < -0.3 is 4.42 Å². The number of carbonyl (C=O) groups is 2. The minimum Gasteiger partial charge on any atom is -0.465 e. The first-order valence-corrected chi connectivity index (χ1v) is 7.85. The van der Waals surface area contributed by atoms with Crippen LogP contribution in [0.4, 0.5) is 0 Å². The van der Waals surface area contributed by atoms with Crippen LogP contribution in [0.1, 0.15) is 27.4 Å². The second kappa shape index (κ2) is 6.20. The number of rotatable bonds is 3. The molecule has 1 aromatic carbocycles. The van der Waals surface area contributed by atoms with Gasteiger partial charge in [-0.3, -0.25) is 19.5 Å². The second-order valence-corrected chi connectivity index (χ2v) is 5.64. The zero-order valence-corrected chi connectivity index (χ0v) is 13.3. The van der Waals surface area contributed by atoms with Crippen molar-refractivity contribution in [2.24, 2.45) is 0 Å². The van der Waals surface area contributed by atoms with Crippen molar-refractivity contribution in [3.63, 3.8) is 0 Å². The summed E-state index contributed by atoms with van der Waals surface area (Å²) < 4.78 is 5.34. The summed E-state index contributed by atoms with van der Waals surface area (Å²) in [7, 11) is 0. The van der Waals surface area contributed by atoms with Crippen LogP contribution in [0.3, 0.4) is 0 Å². The van der Waals surface area contributed by atoms with Gasteiger partial charge in [0.2, 0.25) is 0 Å². The highest BCUT2D eigenvalue weighted by Crippen LogP contribution is 2.31. The van der Waals surface area contributed by atoms with Crippen LogP contribution in [-0.2, 0) is 11.3 Å². The lowest BCUT2D eigenvalue weighted by molar-refractivity contribution is -0.123. The quantitative estimate of drug-likeness (QED) is 0.545. The van der Waals surface area contributed by atoms with Crippen molar-refractivity contribution in [2.45, 2.75) is 6.54 Å². The third-order valence-electron chi connectivity index (χ3n) is 4.04. The van der Waals surface area contributed by atoms with E-state index in [0.717, 1.165) is 0 Å². The number of fused-ring (bicyclic) bond motifs is 1. The van der Waals surface area contributed by atoms with Gasteiger partial charge in [0.25, 0.3) is 11.8 Å². The number of nitrogens with zero attached hydrogens (tertiary/aromatic N) is 2. The van der Waals surface area contributed by atoms with Crippen LogP contribution in [0.25, 0.3) is 11.6 Å². The highest BCUT2D eigenvalue weighted by molar-refractivity contribution is 6.33. The molecule has 0 aliphatic carbocycles. The number of hydrogen-bond donors (Lipinski definition) is 0. The second-order valence-electron chi connectivity index (χ2n) is 5.64. The van der Waals surface area contributed by atoms with E-state index in [1.165, 1.54) is 4.90 Å². The number of furan rings is 1. The SMILES string of the molecule is O=C1C(=Cc2ccco2)c2ccccc2C(=O)N1Cc1ccccn1. The Morgan fingerprint density at radius 3 is 2.44 bits per heavy atom. The van der Waals surface area contributed by atoms with Gasteiger partial charge in [-0.2, -0.15) is 0 Å². The van der Waals surface area contributed by atoms with Gasteiger partial charge in [-0.15, -0.1) is 0 Å². The largest absolute Gasteiger partial charge is 0.465 e. The van der Waals surface area contributed by atoms with Crippen LogP contribution in [0.5, 0.6) is 0 Å². The molecule has 4 rings (SSSR count). The molecule has 0 fully saturated rings. The molecule has 0 bridgehead atoms. The summed E-state index contributed by atoms with van der Waals surface area (Å²) in [5, 5.41) is 0. The van der Waals surface area contributed by atoms with E-state index in [1.54, 1.807) is 61.0 Å². The Labute approximate surface area is 144 Å². The van der Waals surface area contributed by atoms with Crippen molar-refractivity contribution in [3.8, 4) is 0 Å². The van der Waals surface area contributed by atoms with Crippen molar-refractivity contribution in [3.05, 3.63) is 89.6 Å². The van der Waals surface area contributed by atoms with E-state index < -0.39 is 0 Å². The maximum absolute atomic E-state index is 13.0. The van der Waals surface area contributed by atoms with Gasteiger partial charge in [-0.1, -0.05) is 24.3 Å². The summed E-state index contributed by atoms with van der Waals surface area (Å²) in [4.78, 5) is 31.2. The number of carbonyl (C=O) groups excluding carboxylic acids is 2. The Bertz CT molecular complexity index is 960.